The number of rotatable bonds is 4. The minimum atomic E-state index is -4.52. The first kappa shape index (κ1) is 16.0. The molecule has 1 aromatic carbocycles. The lowest BCUT2D eigenvalue weighted by molar-refractivity contribution is 0.234. The van der Waals surface area contributed by atoms with Gasteiger partial charge in [0.15, 0.2) is 0 Å². The Kier molecular flexibility index (Phi) is 4.68. The van der Waals surface area contributed by atoms with Crippen LogP contribution >= 0.6 is 0 Å². The van der Waals surface area contributed by atoms with Gasteiger partial charge in [-0.1, -0.05) is 32.9 Å². The molecule has 3 nitrogen and oxygen atoms in total. The number of hydrogen-bond donors (Lipinski definition) is 1. The minimum absolute atomic E-state index is 0.0757. The van der Waals surface area contributed by atoms with Crippen LogP contribution in [0.15, 0.2) is 29.2 Å². The highest BCUT2D eigenvalue weighted by molar-refractivity contribution is 7.91. The van der Waals surface area contributed by atoms with Crippen LogP contribution in [0.5, 0.6) is 0 Å². The minimum Gasteiger partial charge on any atom is -0.327 e. The molecule has 1 unspecified atom stereocenters. The van der Waals surface area contributed by atoms with Crippen LogP contribution in [0.1, 0.15) is 26.3 Å². The number of nitrogens with two attached hydrogens (primary N) is 1. The molecule has 6 heteroatoms. The van der Waals surface area contributed by atoms with Gasteiger partial charge in [0.1, 0.15) is 0 Å². The van der Waals surface area contributed by atoms with E-state index in [4.69, 9.17) is 5.73 Å². The SMILES string of the molecule is CC(C)(C)C(N)Cc1ccc(S(=O)(=O)C(F)F)cc1. The second kappa shape index (κ2) is 5.54. The normalized spacial score (nSPS) is 14.7. The zero-order valence-corrected chi connectivity index (χ0v) is 12.0. The molecule has 1 rings (SSSR count). The van der Waals surface area contributed by atoms with Gasteiger partial charge in [0.05, 0.1) is 4.90 Å². The Morgan fingerprint density at radius 3 is 2.00 bits per heavy atom. The van der Waals surface area contributed by atoms with Gasteiger partial charge in [-0.15, -0.1) is 0 Å². The average molecular weight is 291 g/mol. The van der Waals surface area contributed by atoms with E-state index in [-0.39, 0.29) is 16.4 Å². The summed E-state index contributed by atoms with van der Waals surface area (Å²) in [6.07, 6.45) is 0.568. The van der Waals surface area contributed by atoms with Crippen molar-refractivity contribution in [3.63, 3.8) is 0 Å². The van der Waals surface area contributed by atoms with Crippen LogP contribution in [0.3, 0.4) is 0 Å². The summed E-state index contributed by atoms with van der Waals surface area (Å²) in [6.45, 7) is 6.02. The molecule has 0 saturated carbocycles. The lowest BCUT2D eigenvalue weighted by Gasteiger charge is -2.27. The maximum Gasteiger partial charge on any atom is 0.341 e. The van der Waals surface area contributed by atoms with Crippen LogP contribution in [0.25, 0.3) is 0 Å². The maximum absolute atomic E-state index is 12.4. The van der Waals surface area contributed by atoms with Crippen LogP contribution in [0, 0.1) is 5.41 Å². The van der Waals surface area contributed by atoms with Gasteiger partial charge in [-0.3, -0.25) is 0 Å². The van der Waals surface area contributed by atoms with Crippen molar-refractivity contribution in [2.45, 2.75) is 43.9 Å². The van der Waals surface area contributed by atoms with E-state index in [1.165, 1.54) is 24.3 Å². The lowest BCUT2D eigenvalue weighted by atomic mass is 9.84. The molecule has 0 amide bonds. The summed E-state index contributed by atoms with van der Waals surface area (Å²) < 4.78 is 47.2. The van der Waals surface area contributed by atoms with E-state index in [9.17, 15) is 17.2 Å². The second-order valence-electron chi connectivity index (χ2n) is 5.63. The first-order valence-electron chi connectivity index (χ1n) is 5.91. The number of benzene rings is 1. The Labute approximate surface area is 112 Å². The van der Waals surface area contributed by atoms with Crippen molar-refractivity contribution in [1.29, 1.82) is 0 Å². The third-order valence-corrected chi connectivity index (χ3v) is 4.45. The van der Waals surface area contributed by atoms with Gasteiger partial charge < -0.3 is 5.73 Å². The number of hydrogen-bond acceptors (Lipinski definition) is 3. The fraction of sp³-hybridized carbons (Fsp3) is 0.538. The van der Waals surface area contributed by atoms with E-state index in [0.717, 1.165) is 5.56 Å². The Bertz CT molecular complexity index is 519. The first-order chi connectivity index (χ1) is 8.55. The smallest absolute Gasteiger partial charge is 0.327 e. The molecule has 2 N–H and O–H groups in total. The Morgan fingerprint density at radius 1 is 1.16 bits per heavy atom. The highest BCUT2D eigenvalue weighted by Gasteiger charge is 2.26. The summed E-state index contributed by atoms with van der Waals surface area (Å²) in [7, 11) is -4.52. The van der Waals surface area contributed by atoms with Crippen LogP contribution in [0.4, 0.5) is 8.78 Å². The summed E-state index contributed by atoms with van der Waals surface area (Å²) in [4.78, 5) is -0.365. The van der Waals surface area contributed by atoms with Gasteiger partial charge in [-0.25, -0.2) is 8.42 Å². The van der Waals surface area contributed by atoms with Gasteiger partial charge in [-0.2, -0.15) is 8.78 Å². The molecule has 108 valence electrons. The first-order valence-corrected chi connectivity index (χ1v) is 7.46. The second-order valence-corrected chi connectivity index (χ2v) is 7.54. The van der Waals surface area contributed by atoms with Crippen molar-refractivity contribution < 1.29 is 17.2 Å². The third-order valence-electron chi connectivity index (χ3n) is 3.05. The predicted molar refractivity (Wildman–Crippen MR) is 70.8 cm³/mol. The van der Waals surface area contributed by atoms with E-state index in [1.807, 2.05) is 20.8 Å². The fourth-order valence-electron chi connectivity index (χ4n) is 1.48. The molecule has 0 aromatic heterocycles. The molecule has 0 bridgehead atoms. The zero-order chi connectivity index (χ0) is 14.8. The van der Waals surface area contributed by atoms with Crippen molar-refractivity contribution in [2.75, 3.05) is 0 Å². The molecule has 1 atom stereocenters. The van der Waals surface area contributed by atoms with E-state index >= 15 is 0 Å². The highest BCUT2D eigenvalue weighted by Crippen LogP contribution is 2.22. The average Bonchev–Trinajstić information content (AvgIpc) is 2.28. The van der Waals surface area contributed by atoms with Gasteiger partial charge in [0.2, 0.25) is 9.84 Å². The molecule has 0 fully saturated rings. The van der Waals surface area contributed by atoms with E-state index in [0.29, 0.717) is 6.42 Å². The van der Waals surface area contributed by atoms with Crippen molar-refractivity contribution in [2.24, 2.45) is 11.1 Å². The molecular formula is C13H19F2NO2S. The lowest BCUT2D eigenvalue weighted by Crippen LogP contribution is -2.36. The predicted octanol–water partition coefficient (Wildman–Crippen LogP) is 2.60. The molecule has 0 spiro atoms. The summed E-state index contributed by atoms with van der Waals surface area (Å²) in [5.41, 5.74) is 6.77. The highest BCUT2D eigenvalue weighted by atomic mass is 32.2. The van der Waals surface area contributed by atoms with E-state index in [1.54, 1.807) is 0 Å². The fourth-order valence-corrected chi connectivity index (χ4v) is 2.20. The standard InChI is InChI=1S/C13H19F2NO2S/c1-13(2,3)11(16)8-9-4-6-10(7-5-9)19(17,18)12(14)15/h4-7,11-12H,8,16H2,1-3H3. The molecule has 1 aromatic rings. The quantitative estimate of drug-likeness (QED) is 0.927. The molecule has 0 radical (unpaired) electrons. The number of alkyl halides is 2. The molecule has 0 aliphatic heterocycles. The Hall–Kier alpha value is -1.01. The summed E-state index contributed by atoms with van der Waals surface area (Å²) in [6, 6.07) is 5.37. The number of sulfone groups is 1. The zero-order valence-electron chi connectivity index (χ0n) is 11.2. The van der Waals surface area contributed by atoms with Gasteiger partial charge in [0.25, 0.3) is 0 Å². The topological polar surface area (TPSA) is 60.2 Å². The van der Waals surface area contributed by atoms with Crippen molar-refractivity contribution >= 4 is 9.84 Å². The van der Waals surface area contributed by atoms with Crippen LogP contribution in [0.2, 0.25) is 0 Å². The largest absolute Gasteiger partial charge is 0.341 e. The summed E-state index contributed by atoms with van der Waals surface area (Å²) in [5.74, 6) is -3.39. The van der Waals surface area contributed by atoms with E-state index < -0.39 is 15.6 Å². The van der Waals surface area contributed by atoms with Crippen LogP contribution < -0.4 is 5.73 Å². The molecule has 19 heavy (non-hydrogen) atoms. The van der Waals surface area contributed by atoms with Crippen molar-refractivity contribution in [1.82, 2.24) is 0 Å². The Morgan fingerprint density at radius 2 is 1.63 bits per heavy atom. The molecule has 0 aliphatic carbocycles. The van der Waals surface area contributed by atoms with Gasteiger partial charge in [0, 0.05) is 6.04 Å². The van der Waals surface area contributed by atoms with Crippen molar-refractivity contribution in [3.8, 4) is 0 Å². The maximum atomic E-state index is 12.4. The molecule has 0 aliphatic rings. The monoisotopic (exact) mass is 291 g/mol. The molecular weight excluding hydrogens is 272 g/mol. The van der Waals surface area contributed by atoms with Gasteiger partial charge >= 0.3 is 5.76 Å². The summed E-state index contributed by atoms with van der Waals surface area (Å²) >= 11 is 0. The number of halogens is 2. The van der Waals surface area contributed by atoms with Gasteiger partial charge in [-0.05, 0) is 29.5 Å². The van der Waals surface area contributed by atoms with Crippen LogP contribution in [-0.2, 0) is 16.3 Å². The Balaban J connectivity index is 2.90. The van der Waals surface area contributed by atoms with Crippen LogP contribution in [-0.4, -0.2) is 20.2 Å². The summed E-state index contributed by atoms with van der Waals surface area (Å²) in [5, 5.41) is 0. The van der Waals surface area contributed by atoms with Crippen molar-refractivity contribution in [3.05, 3.63) is 29.8 Å². The third kappa shape index (κ3) is 3.98. The molecule has 0 saturated heterocycles. The van der Waals surface area contributed by atoms with E-state index in [2.05, 4.69) is 0 Å². The molecule has 0 heterocycles.